The largest absolute Gasteiger partial charge is 0.395 e. The summed E-state index contributed by atoms with van der Waals surface area (Å²) >= 11 is 0. The van der Waals surface area contributed by atoms with E-state index in [-0.39, 0.29) is 19.2 Å². The maximum atomic E-state index is 12.6. The first-order valence-electron chi connectivity index (χ1n) is 7.23. The van der Waals surface area contributed by atoms with Crippen LogP contribution in [0.25, 0.3) is 0 Å². The lowest BCUT2D eigenvalue weighted by Gasteiger charge is -2.21. The standard InChI is InChI=1S/C15H23NO3S/c1-3-12(2)13-4-8-15(9-5-13)20(18,19)16(10-11-17)14-6-7-14/h4-5,8-9,12,14,17H,3,6-7,10-11H2,1-2H3. The molecule has 1 unspecified atom stereocenters. The van der Waals surface area contributed by atoms with Crippen molar-refractivity contribution in [3.8, 4) is 0 Å². The Balaban J connectivity index is 2.24. The van der Waals surface area contributed by atoms with Gasteiger partial charge in [0.15, 0.2) is 0 Å². The summed E-state index contributed by atoms with van der Waals surface area (Å²) in [6, 6.07) is 7.23. The van der Waals surface area contributed by atoms with Crippen LogP contribution in [-0.2, 0) is 10.0 Å². The number of sulfonamides is 1. The molecule has 0 amide bonds. The smallest absolute Gasteiger partial charge is 0.243 e. The molecule has 0 saturated heterocycles. The minimum atomic E-state index is -3.48. The van der Waals surface area contributed by atoms with Gasteiger partial charge in [0, 0.05) is 12.6 Å². The van der Waals surface area contributed by atoms with Crippen LogP contribution in [0.4, 0.5) is 0 Å². The molecular weight excluding hydrogens is 274 g/mol. The zero-order valence-corrected chi connectivity index (χ0v) is 12.9. The van der Waals surface area contributed by atoms with E-state index >= 15 is 0 Å². The highest BCUT2D eigenvalue weighted by Crippen LogP contribution is 2.32. The second kappa shape index (κ2) is 6.24. The Bertz CT molecular complexity index is 535. The molecule has 112 valence electrons. The second-order valence-electron chi connectivity index (χ2n) is 5.45. The normalized spacial score (nSPS) is 17.4. The fraction of sp³-hybridized carbons (Fsp3) is 0.600. The third kappa shape index (κ3) is 3.22. The SMILES string of the molecule is CCC(C)c1ccc(S(=O)(=O)N(CCO)C2CC2)cc1. The topological polar surface area (TPSA) is 57.6 Å². The first-order valence-corrected chi connectivity index (χ1v) is 8.67. The Morgan fingerprint density at radius 1 is 1.30 bits per heavy atom. The van der Waals surface area contributed by atoms with Gasteiger partial charge in [-0.05, 0) is 42.9 Å². The van der Waals surface area contributed by atoms with E-state index in [0.29, 0.717) is 10.8 Å². The maximum Gasteiger partial charge on any atom is 0.243 e. The molecule has 0 radical (unpaired) electrons. The van der Waals surface area contributed by atoms with Crippen LogP contribution in [0.2, 0.25) is 0 Å². The van der Waals surface area contributed by atoms with Gasteiger partial charge >= 0.3 is 0 Å². The van der Waals surface area contributed by atoms with Crippen molar-refractivity contribution in [1.82, 2.24) is 4.31 Å². The van der Waals surface area contributed by atoms with Gasteiger partial charge in [-0.2, -0.15) is 4.31 Å². The van der Waals surface area contributed by atoms with E-state index in [9.17, 15) is 8.42 Å². The number of hydrogen-bond acceptors (Lipinski definition) is 3. The van der Waals surface area contributed by atoms with Crippen LogP contribution in [0.3, 0.4) is 0 Å². The Labute approximate surface area is 121 Å². The highest BCUT2D eigenvalue weighted by molar-refractivity contribution is 7.89. The monoisotopic (exact) mass is 297 g/mol. The summed E-state index contributed by atoms with van der Waals surface area (Å²) in [6.07, 6.45) is 2.82. The quantitative estimate of drug-likeness (QED) is 0.840. The molecule has 1 fully saturated rings. The van der Waals surface area contributed by atoms with Gasteiger partial charge in [0.05, 0.1) is 11.5 Å². The zero-order chi connectivity index (χ0) is 14.8. The van der Waals surface area contributed by atoms with Crippen molar-refractivity contribution in [2.75, 3.05) is 13.2 Å². The van der Waals surface area contributed by atoms with Crippen molar-refractivity contribution in [2.45, 2.75) is 50.0 Å². The average molecular weight is 297 g/mol. The van der Waals surface area contributed by atoms with Gasteiger partial charge in [-0.15, -0.1) is 0 Å². The molecule has 1 aliphatic rings. The molecule has 4 nitrogen and oxygen atoms in total. The number of rotatable bonds is 7. The predicted molar refractivity (Wildman–Crippen MR) is 79.1 cm³/mol. The van der Waals surface area contributed by atoms with Crippen molar-refractivity contribution in [1.29, 1.82) is 0 Å². The van der Waals surface area contributed by atoms with Gasteiger partial charge in [-0.3, -0.25) is 0 Å². The van der Waals surface area contributed by atoms with Gasteiger partial charge in [0.25, 0.3) is 0 Å². The summed E-state index contributed by atoms with van der Waals surface area (Å²) in [7, 11) is -3.48. The Morgan fingerprint density at radius 2 is 1.90 bits per heavy atom. The summed E-state index contributed by atoms with van der Waals surface area (Å²) in [5, 5.41) is 9.07. The summed E-state index contributed by atoms with van der Waals surface area (Å²) < 4.78 is 26.6. The predicted octanol–water partition coefficient (Wildman–Crippen LogP) is 2.35. The fourth-order valence-electron chi connectivity index (χ4n) is 2.30. The average Bonchev–Trinajstić information content (AvgIpc) is 3.28. The van der Waals surface area contributed by atoms with Crippen molar-refractivity contribution in [3.05, 3.63) is 29.8 Å². The Kier molecular flexibility index (Phi) is 4.83. The molecule has 0 heterocycles. The van der Waals surface area contributed by atoms with E-state index < -0.39 is 10.0 Å². The van der Waals surface area contributed by atoms with E-state index in [1.807, 2.05) is 12.1 Å². The molecule has 2 rings (SSSR count). The van der Waals surface area contributed by atoms with Gasteiger partial charge in [0.1, 0.15) is 0 Å². The fourth-order valence-corrected chi connectivity index (χ4v) is 3.98. The van der Waals surface area contributed by atoms with Crippen LogP contribution in [0.1, 0.15) is 44.6 Å². The Morgan fingerprint density at radius 3 is 2.35 bits per heavy atom. The number of aliphatic hydroxyl groups excluding tert-OH is 1. The van der Waals surface area contributed by atoms with Crippen LogP contribution < -0.4 is 0 Å². The minimum absolute atomic E-state index is 0.0707. The van der Waals surface area contributed by atoms with Crippen LogP contribution in [0.5, 0.6) is 0 Å². The number of aliphatic hydroxyl groups is 1. The second-order valence-corrected chi connectivity index (χ2v) is 7.34. The van der Waals surface area contributed by atoms with E-state index in [1.54, 1.807) is 12.1 Å². The Hall–Kier alpha value is -0.910. The molecular formula is C15H23NO3S. The molecule has 20 heavy (non-hydrogen) atoms. The molecule has 5 heteroatoms. The summed E-state index contributed by atoms with van der Waals surface area (Å²) in [4.78, 5) is 0.324. The highest BCUT2D eigenvalue weighted by atomic mass is 32.2. The molecule has 1 aliphatic carbocycles. The van der Waals surface area contributed by atoms with Gasteiger partial charge in [-0.1, -0.05) is 26.0 Å². The number of benzene rings is 1. The molecule has 1 saturated carbocycles. The molecule has 0 spiro atoms. The van der Waals surface area contributed by atoms with Crippen molar-refractivity contribution < 1.29 is 13.5 Å². The van der Waals surface area contributed by atoms with Gasteiger partial charge < -0.3 is 5.11 Å². The third-order valence-electron chi connectivity index (χ3n) is 3.94. The van der Waals surface area contributed by atoms with E-state index in [0.717, 1.165) is 24.8 Å². The maximum absolute atomic E-state index is 12.6. The molecule has 0 bridgehead atoms. The van der Waals surface area contributed by atoms with E-state index in [4.69, 9.17) is 5.11 Å². The summed E-state index contributed by atoms with van der Waals surface area (Å²) in [5.74, 6) is 0.434. The van der Waals surface area contributed by atoms with Crippen LogP contribution in [0.15, 0.2) is 29.2 Å². The lowest BCUT2D eigenvalue weighted by molar-refractivity contribution is 0.250. The zero-order valence-electron chi connectivity index (χ0n) is 12.1. The molecule has 1 aromatic carbocycles. The van der Waals surface area contributed by atoms with Crippen molar-refractivity contribution in [3.63, 3.8) is 0 Å². The number of nitrogens with zero attached hydrogens (tertiary/aromatic N) is 1. The number of hydrogen-bond donors (Lipinski definition) is 1. The van der Waals surface area contributed by atoms with Gasteiger partial charge in [-0.25, -0.2) is 8.42 Å². The molecule has 1 N–H and O–H groups in total. The van der Waals surface area contributed by atoms with Crippen molar-refractivity contribution in [2.24, 2.45) is 0 Å². The van der Waals surface area contributed by atoms with Crippen molar-refractivity contribution >= 4 is 10.0 Å². The summed E-state index contributed by atoms with van der Waals surface area (Å²) in [5.41, 5.74) is 1.16. The molecule has 1 aromatic rings. The third-order valence-corrected chi connectivity index (χ3v) is 5.91. The first kappa shape index (κ1) is 15.5. The first-order chi connectivity index (χ1) is 9.50. The lowest BCUT2D eigenvalue weighted by atomic mass is 9.99. The lowest BCUT2D eigenvalue weighted by Crippen LogP contribution is -2.35. The van der Waals surface area contributed by atoms with E-state index in [2.05, 4.69) is 13.8 Å². The summed E-state index contributed by atoms with van der Waals surface area (Å²) in [6.45, 7) is 4.29. The minimum Gasteiger partial charge on any atom is -0.395 e. The molecule has 0 aliphatic heterocycles. The van der Waals surface area contributed by atoms with Crippen LogP contribution in [0, 0.1) is 0 Å². The van der Waals surface area contributed by atoms with Crippen LogP contribution >= 0.6 is 0 Å². The molecule has 0 aromatic heterocycles. The van der Waals surface area contributed by atoms with Gasteiger partial charge in [0.2, 0.25) is 10.0 Å². The highest BCUT2D eigenvalue weighted by Gasteiger charge is 2.37. The van der Waals surface area contributed by atoms with Crippen LogP contribution in [-0.4, -0.2) is 37.0 Å². The van der Waals surface area contributed by atoms with E-state index in [1.165, 1.54) is 4.31 Å². The molecule has 1 atom stereocenters.